The van der Waals surface area contributed by atoms with Crippen LogP contribution < -0.4 is 5.32 Å². The second kappa shape index (κ2) is 7.23. The molecule has 0 fully saturated rings. The molecule has 1 unspecified atom stereocenters. The molecule has 1 amide bonds. The largest absolute Gasteiger partial charge is 0.352 e. The van der Waals surface area contributed by atoms with Crippen molar-refractivity contribution in [1.82, 2.24) is 5.32 Å². The third-order valence-electron chi connectivity index (χ3n) is 2.89. The van der Waals surface area contributed by atoms with Gasteiger partial charge in [0.05, 0.1) is 4.92 Å². The molecule has 1 aromatic rings. The summed E-state index contributed by atoms with van der Waals surface area (Å²) in [5.74, 6) is -0.0578. The van der Waals surface area contributed by atoms with Gasteiger partial charge in [0, 0.05) is 17.9 Å². The number of alkyl halides is 1. The quantitative estimate of drug-likeness (QED) is 0.495. The zero-order chi connectivity index (χ0) is 14.4. The second-order valence-electron chi connectivity index (χ2n) is 4.52. The summed E-state index contributed by atoms with van der Waals surface area (Å²) in [6, 6.07) is 4.63. The third-order valence-corrected chi connectivity index (χ3v) is 3.35. The molecule has 0 aromatic heterocycles. The molecule has 1 rings (SSSR count). The molecule has 0 heterocycles. The number of nitrogens with zero attached hydrogens (tertiary/aromatic N) is 1. The van der Waals surface area contributed by atoms with Crippen molar-refractivity contribution in [3.63, 3.8) is 0 Å². The Morgan fingerprint density at radius 3 is 2.79 bits per heavy atom. The van der Waals surface area contributed by atoms with Gasteiger partial charge >= 0.3 is 0 Å². The van der Waals surface area contributed by atoms with Crippen LogP contribution in [0.1, 0.15) is 29.3 Å². The van der Waals surface area contributed by atoms with Crippen LogP contribution in [0.15, 0.2) is 18.2 Å². The standard InChI is InChI=1S/C13H17BrN2O3/c1-9(6-7-14)8-15-13(17)12-10(2)4-3-5-11(12)16(18)19/h3-5,9H,6-8H2,1-2H3,(H,15,17). The predicted molar refractivity (Wildman–Crippen MR) is 77.7 cm³/mol. The van der Waals surface area contributed by atoms with E-state index in [2.05, 4.69) is 21.2 Å². The maximum Gasteiger partial charge on any atom is 0.282 e. The molecule has 19 heavy (non-hydrogen) atoms. The van der Waals surface area contributed by atoms with Gasteiger partial charge in [0.1, 0.15) is 5.56 Å². The summed E-state index contributed by atoms with van der Waals surface area (Å²) in [7, 11) is 0. The van der Waals surface area contributed by atoms with Crippen LogP contribution in [0.25, 0.3) is 0 Å². The molecule has 0 bridgehead atoms. The summed E-state index contributed by atoms with van der Waals surface area (Å²) in [6.07, 6.45) is 0.941. The van der Waals surface area contributed by atoms with Crippen molar-refractivity contribution in [2.24, 2.45) is 5.92 Å². The Morgan fingerprint density at radius 1 is 1.53 bits per heavy atom. The number of aryl methyl sites for hydroxylation is 1. The van der Waals surface area contributed by atoms with Crippen LogP contribution >= 0.6 is 15.9 Å². The van der Waals surface area contributed by atoms with Crippen LogP contribution in [0.5, 0.6) is 0 Å². The molecule has 0 saturated heterocycles. The van der Waals surface area contributed by atoms with Crippen LogP contribution in [0.2, 0.25) is 0 Å². The average Bonchev–Trinajstić information content (AvgIpc) is 2.36. The van der Waals surface area contributed by atoms with E-state index >= 15 is 0 Å². The van der Waals surface area contributed by atoms with Gasteiger partial charge in [0.2, 0.25) is 0 Å². The first-order chi connectivity index (χ1) is 8.97. The van der Waals surface area contributed by atoms with E-state index < -0.39 is 4.92 Å². The maximum absolute atomic E-state index is 12.1. The van der Waals surface area contributed by atoms with Crippen molar-refractivity contribution in [1.29, 1.82) is 0 Å². The highest BCUT2D eigenvalue weighted by Crippen LogP contribution is 2.21. The summed E-state index contributed by atoms with van der Waals surface area (Å²) >= 11 is 3.34. The first kappa shape index (κ1) is 15.6. The molecule has 6 heteroatoms. The Morgan fingerprint density at radius 2 is 2.21 bits per heavy atom. The lowest BCUT2D eigenvalue weighted by Gasteiger charge is -2.12. The van der Waals surface area contributed by atoms with Gasteiger partial charge in [-0.2, -0.15) is 0 Å². The third kappa shape index (κ3) is 4.31. The van der Waals surface area contributed by atoms with Gasteiger partial charge in [-0.25, -0.2) is 0 Å². The van der Waals surface area contributed by atoms with Gasteiger partial charge in [-0.1, -0.05) is 35.0 Å². The van der Waals surface area contributed by atoms with Crippen LogP contribution in [0, 0.1) is 23.0 Å². The van der Waals surface area contributed by atoms with E-state index in [4.69, 9.17) is 0 Å². The summed E-state index contributed by atoms with van der Waals surface area (Å²) in [6.45, 7) is 4.23. The zero-order valence-corrected chi connectivity index (χ0v) is 12.6. The van der Waals surface area contributed by atoms with Gasteiger partial charge in [-0.3, -0.25) is 14.9 Å². The fraction of sp³-hybridized carbons (Fsp3) is 0.462. The average molecular weight is 329 g/mol. The summed E-state index contributed by atoms with van der Waals surface area (Å²) in [5, 5.41) is 14.6. The molecule has 104 valence electrons. The maximum atomic E-state index is 12.1. The van der Waals surface area contributed by atoms with Gasteiger partial charge < -0.3 is 5.32 Å². The number of carbonyl (C=O) groups is 1. The number of carbonyl (C=O) groups excluding carboxylic acids is 1. The van der Waals surface area contributed by atoms with Crippen molar-refractivity contribution in [3.05, 3.63) is 39.4 Å². The molecule has 1 atom stereocenters. The van der Waals surface area contributed by atoms with Crippen molar-refractivity contribution in [2.75, 3.05) is 11.9 Å². The zero-order valence-electron chi connectivity index (χ0n) is 11.0. The van der Waals surface area contributed by atoms with E-state index in [1.165, 1.54) is 6.07 Å². The van der Waals surface area contributed by atoms with Crippen molar-refractivity contribution < 1.29 is 9.72 Å². The number of benzene rings is 1. The lowest BCUT2D eigenvalue weighted by molar-refractivity contribution is -0.385. The Bertz CT molecular complexity index is 477. The van der Waals surface area contributed by atoms with Gasteiger partial charge in [-0.05, 0) is 24.8 Å². The van der Waals surface area contributed by atoms with Crippen LogP contribution in [0.4, 0.5) is 5.69 Å². The Kier molecular flexibility index (Phi) is 5.95. The highest BCUT2D eigenvalue weighted by Gasteiger charge is 2.22. The summed E-state index contributed by atoms with van der Waals surface area (Å²) in [5.41, 5.74) is 0.615. The fourth-order valence-corrected chi connectivity index (χ4v) is 2.53. The van der Waals surface area contributed by atoms with Gasteiger partial charge in [0.15, 0.2) is 0 Å². The SMILES string of the molecule is Cc1cccc([N+](=O)[O-])c1C(=O)NCC(C)CCBr. The molecule has 1 N–H and O–H groups in total. The molecular weight excluding hydrogens is 312 g/mol. The van der Waals surface area contributed by atoms with Crippen molar-refractivity contribution >= 4 is 27.5 Å². The topological polar surface area (TPSA) is 72.2 Å². The first-order valence-corrected chi connectivity index (χ1v) is 7.17. The number of hydrogen-bond donors (Lipinski definition) is 1. The summed E-state index contributed by atoms with van der Waals surface area (Å²) in [4.78, 5) is 22.5. The number of rotatable bonds is 6. The van der Waals surface area contributed by atoms with Crippen molar-refractivity contribution in [3.8, 4) is 0 Å². The molecule has 0 radical (unpaired) electrons. The van der Waals surface area contributed by atoms with E-state index in [9.17, 15) is 14.9 Å². The minimum atomic E-state index is -0.524. The molecule has 0 saturated carbocycles. The number of amides is 1. The minimum Gasteiger partial charge on any atom is -0.352 e. The smallest absolute Gasteiger partial charge is 0.282 e. The van der Waals surface area contributed by atoms with Crippen molar-refractivity contribution in [2.45, 2.75) is 20.3 Å². The predicted octanol–water partition coefficient (Wildman–Crippen LogP) is 3.05. The lowest BCUT2D eigenvalue weighted by atomic mass is 10.0. The number of nitro benzene ring substituents is 1. The van der Waals surface area contributed by atoms with Crippen LogP contribution in [0.3, 0.4) is 0 Å². The van der Waals surface area contributed by atoms with E-state index in [1.807, 2.05) is 6.92 Å². The summed E-state index contributed by atoms with van der Waals surface area (Å²) < 4.78 is 0. The molecule has 0 aliphatic heterocycles. The second-order valence-corrected chi connectivity index (χ2v) is 5.31. The Hall–Kier alpha value is -1.43. The fourth-order valence-electron chi connectivity index (χ4n) is 1.74. The number of hydrogen-bond acceptors (Lipinski definition) is 3. The Balaban J connectivity index is 2.85. The number of nitrogens with one attached hydrogen (secondary N) is 1. The Labute approximate surface area is 120 Å². The van der Waals surface area contributed by atoms with E-state index in [1.54, 1.807) is 19.1 Å². The molecule has 0 aliphatic carbocycles. The highest BCUT2D eigenvalue weighted by molar-refractivity contribution is 9.09. The number of nitro groups is 1. The van der Waals surface area contributed by atoms with Crippen LogP contribution in [-0.2, 0) is 0 Å². The number of halogens is 1. The van der Waals surface area contributed by atoms with Crippen LogP contribution in [-0.4, -0.2) is 22.7 Å². The molecule has 5 nitrogen and oxygen atoms in total. The first-order valence-electron chi connectivity index (χ1n) is 6.05. The normalized spacial score (nSPS) is 11.9. The monoisotopic (exact) mass is 328 g/mol. The van der Waals surface area contributed by atoms with E-state index in [0.29, 0.717) is 18.0 Å². The lowest BCUT2D eigenvalue weighted by Crippen LogP contribution is -2.29. The molecule has 0 aliphatic rings. The van der Waals surface area contributed by atoms with E-state index in [0.717, 1.165) is 11.8 Å². The molecule has 0 spiro atoms. The van der Waals surface area contributed by atoms with E-state index in [-0.39, 0.29) is 17.2 Å². The molecular formula is C13H17BrN2O3. The highest BCUT2D eigenvalue weighted by atomic mass is 79.9. The van der Waals surface area contributed by atoms with Gasteiger partial charge in [-0.15, -0.1) is 0 Å². The van der Waals surface area contributed by atoms with Gasteiger partial charge in [0.25, 0.3) is 11.6 Å². The minimum absolute atomic E-state index is 0.148. The molecule has 1 aromatic carbocycles.